The van der Waals surface area contributed by atoms with Crippen LogP contribution >= 0.6 is 11.3 Å². The Labute approximate surface area is 160 Å². The summed E-state index contributed by atoms with van der Waals surface area (Å²) in [5.41, 5.74) is 2.02. The molecule has 0 aliphatic heterocycles. The number of benzene rings is 1. The molecule has 0 fully saturated rings. The molecule has 0 radical (unpaired) electrons. The lowest BCUT2D eigenvalue weighted by Crippen LogP contribution is -2.21. The van der Waals surface area contributed by atoms with Gasteiger partial charge < -0.3 is 10.1 Å². The van der Waals surface area contributed by atoms with Gasteiger partial charge in [-0.05, 0) is 31.5 Å². The van der Waals surface area contributed by atoms with Gasteiger partial charge in [0.1, 0.15) is 11.5 Å². The summed E-state index contributed by atoms with van der Waals surface area (Å²) >= 11 is 1.34. The quantitative estimate of drug-likeness (QED) is 0.655. The minimum atomic E-state index is -0.445. The van der Waals surface area contributed by atoms with E-state index >= 15 is 0 Å². The number of ether oxygens (including phenoxy) is 1. The van der Waals surface area contributed by atoms with E-state index in [1.807, 2.05) is 44.2 Å². The highest BCUT2D eigenvalue weighted by atomic mass is 32.1. The first-order valence-corrected chi connectivity index (χ1v) is 9.21. The molecule has 0 bridgehead atoms. The number of anilines is 1. The van der Waals surface area contributed by atoms with Gasteiger partial charge in [-0.1, -0.05) is 30.3 Å². The fourth-order valence-corrected chi connectivity index (χ4v) is 3.54. The number of nitrogens with zero attached hydrogens (tertiary/aromatic N) is 4. The van der Waals surface area contributed by atoms with E-state index in [4.69, 9.17) is 4.74 Å². The summed E-state index contributed by atoms with van der Waals surface area (Å²) in [7, 11) is 0. The molecule has 1 aromatic carbocycles. The first-order valence-electron chi connectivity index (χ1n) is 8.39. The second-order valence-corrected chi connectivity index (χ2v) is 6.99. The van der Waals surface area contributed by atoms with E-state index < -0.39 is 5.97 Å². The first kappa shape index (κ1) is 18.7. The molecule has 3 aromatic rings. The van der Waals surface area contributed by atoms with Crippen LogP contribution in [-0.4, -0.2) is 38.7 Å². The third kappa shape index (κ3) is 4.20. The molecule has 2 heterocycles. The van der Waals surface area contributed by atoms with E-state index in [0.29, 0.717) is 16.4 Å². The number of aromatic nitrogens is 4. The zero-order chi connectivity index (χ0) is 19.4. The van der Waals surface area contributed by atoms with Crippen molar-refractivity contribution in [2.45, 2.75) is 27.3 Å². The second kappa shape index (κ2) is 8.09. The third-order valence-electron chi connectivity index (χ3n) is 3.89. The van der Waals surface area contributed by atoms with Crippen LogP contribution in [0.4, 0.5) is 5.00 Å². The van der Waals surface area contributed by atoms with Crippen molar-refractivity contribution in [1.29, 1.82) is 0 Å². The predicted molar refractivity (Wildman–Crippen MR) is 102 cm³/mol. The van der Waals surface area contributed by atoms with Gasteiger partial charge >= 0.3 is 5.97 Å². The normalized spacial score (nSPS) is 10.6. The van der Waals surface area contributed by atoms with E-state index in [-0.39, 0.29) is 19.1 Å². The molecule has 9 heteroatoms. The van der Waals surface area contributed by atoms with Gasteiger partial charge in [-0.15, -0.1) is 21.5 Å². The monoisotopic (exact) mass is 385 g/mol. The number of amides is 1. The Morgan fingerprint density at radius 2 is 1.96 bits per heavy atom. The van der Waals surface area contributed by atoms with Crippen LogP contribution in [0.2, 0.25) is 0 Å². The molecule has 8 nitrogen and oxygen atoms in total. The SMILES string of the molecule is CCOC(=O)c1c(NC(=O)Cn2nnc(-c3ccccc3)n2)sc(C)c1C. The first-order chi connectivity index (χ1) is 13.0. The van der Waals surface area contributed by atoms with Gasteiger partial charge in [-0.3, -0.25) is 4.79 Å². The van der Waals surface area contributed by atoms with Crippen LogP contribution in [-0.2, 0) is 16.1 Å². The van der Waals surface area contributed by atoms with Crippen molar-refractivity contribution in [3.05, 3.63) is 46.3 Å². The molecule has 0 aliphatic carbocycles. The largest absolute Gasteiger partial charge is 0.462 e. The van der Waals surface area contributed by atoms with Crippen molar-refractivity contribution in [2.24, 2.45) is 0 Å². The van der Waals surface area contributed by atoms with Crippen molar-refractivity contribution in [1.82, 2.24) is 20.2 Å². The predicted octanol–water partition coefficient (Wildman–Crippen LogP) is 2.83. The van der Waals surface area contributed by atoms with Crippen LogP contribution in [0.1, 0.15) is 27.7 Å². The Kier molecular flexibility index (Phi) is 5.60. The van der Waals surface area contributed by atoms with Gasteiger partial charge in [0.2, 0.25) is 11.7 Å². The molecular formula is C18H19N5O3S. The Morgan fingerprint density at radius 1 is 1.22 bits per heavy atom. The summed E-state index contributed by atoms with van der Waals surface area (Å²) in [5, 5.41) is 15.3. The minimum Gasteiger partial charge on any atom is -0.462 e. The van der Waals surface area contributed by atoms with Gasteiger partial charge in [-0.2, -0.15) is 4.80 Å². The molecule has 1 amide bonds. The number of hydrogen-bond acceptors (Lipinski definition) is 7. The zero-order valence-electron chi connectivity index (χ0n) is 15.2. The summed E-state index contributed by atoms with van der Waals surface area (Å²) in [6.45, 7) is 5.62. The highest BCUT2D eigenvalue weighted by Crippen LogP contribution is 2.33. The molecule has 3 rings (SSSR count). The molecule has 1 N–H and O–H groups in total. The maximum atomic E-state index is 12.4. The number of carbonyl (C=O) groups is 2. The van der Waals surface area contributed by atoms with Gasteiger partial charge in [0, 0.05) is 10.4 Å². The minimum absolute atomic E-state index is 0.113. The molecule has 0 saturated heterocycles. The molecule has 0 atom stereocenters. The number of nitrogens with one attached hydrogen (secondary N) is 1. The average molecular weight is 385 g/mol. The van der Waals surface area contributed by atoms with Crippen molar-refractivity contribution in [3.63, 3.8) is 0 Å². The lowest BCUT2D eigenvalue weighted by atomic mass is 10.1. The fraction of sp³-hybridized carbons (Fsp3) is 0.278. The summed E-state index contributed by atoms with van der Waals surface area (Å²) in [5.74, 6) is -0.350. The summed E-state index contributed by atoms with van der Waals surface area (Å²) in [4.78, 5) is 26.7. The smallest absolute Gasteiger partial charge is 0.341 e. The van der Waals surface area contributed by atoms with E-state index in [9.17, 15) is 9.59 Å². The van der Waals surface area contributed by atoms with Crippen LogP contribution in [0.25, 0.3) is 11.4 Å². The number of thiophene rings is 1. The Morgan fingerprint density at radius 3 is 2.67 bits per heavy atom. The molecule has 27 heavy (non-hydrogen) atoms. The van der Waals surface area contributed by atoms with Crippen LogP contribution in [0.3, 0.4) is 0 Å². The van der Waals surface area contributed by atoms with E-state index in [1.165, 1.54) is 16.1 Å². The fourth-order valence-electron chi connectivity index (χ4n) is 2.47. The summed E-state index contributed by atoms with van der Waals surface area (Å²) in [6.07, 6.45) is 0. The van der Waals surface area contributed by atoms with E-state index in [1.54, 1.807) is 6.92 Å². The van der Waals surface area contributed by atoms with Crippen LogP contribution in [0.5, 0.6) is 0 Å². The van der Waals surface area contributed by atoms with Crippen molar-refractivity contribution >= 4 is 28.2 Å². The van der Waals surface area contributed by atoms with Crippen LogP contribution in [0.15, 0.2) is 30.3 Å². The second-order valence-electron chi connectivity index (χ2n) is 5.77. The Bertz CT molecular complexity index is 965. The highest BCUT2D eigenvalue weighted by molar-refractivity contribution is 7.16. The van der Waals surface area contributed by atoms with Gasteiger partial charge in [-0.25, -0.2) is 4.79 Å². The number of rotatable bonds is 6. The van der Waals surface area contributed by atoms with Gasteiger partial charge in [0.25, 0.3) is 0 Å². The maximum Gasteiger partial charge on any atom is 0.341 e. The lowest BCUT2D eigenvalue weighted by molar-refractivity contribution is -0.117. The molecule has 0 saturated carbocycles. The Balaban J connectivity index is 1.73. The van der Waals surface area contributed by atoms with Crippen molar-refractivity contribution < 1.29 is 14.3 Å². The van der Waals surface area contributed by atoms with Gasteiger partial charge in [0.05, 0.1) is 12.2 Å². The summed E-state index contributed by atoms with van der Waals surface area (Å²) < 4.78 is 5.09. The number of aryl methyl sites for hydroxylation is 1. The summed E-state index contributed by atoms with van der Waals surface area (Å²) in [6, 6.07) is 9.38. The molecule has 0 aliphatic rings. The number of esters is 1. The van der Waals surface area contributed by atoms with E-state index in [0.717, 1.165) is 16.0 Å². The number of hydrogen-bond donors (Lipinski definition) is 1. The van der Waals surface area contributed by atoms with E-state index in [2.05, 4.69) is 20.7 Å². The average Bonchev–Trinajstić information content (AvgIpc) is 3.21. The standard InChI is InChI=1S/C18H19N5O3S/c1-4-26-18(25)15-11(2)12(3)27-17(15)19-14(24)10-23-21-16(20-22-23)13-8-6-5-7-9-13/h5-9H,4,10H2,1-3H3,(H,19,24). The molecule has 0 spiro atoms. The van der Waals surface area contributed by atoms with Crippen LogP contribution < -0.4 is 5.32 Å². The third-order valence-corrected chi connectivity index (χ3v) is 5.01. The van der Waals surface area contributed by atoms with Gasteiger partial charge in [0.15, 0.2) is 0 Å². The highest BCUT2D eigenvalue weighted by Gasteiger charge is 2.22. The number of tetrazole rings is 1. The zero-order valence-corrected chi connectivity index (χ0v) is 16.0. The molecular weight excluding hydrogens is 366 g/mol. The maximum absolute atomic E-state index is 12.4. The molecule has 0 unspecified atom stereocenters. The number of carbonyl (C=O) groups excluding carboxylic acids is 2. The molecule has 140 valence electrons. The van der Waals surface area contributed by atoms with Crippen molar-refractivity contribution in [3.8, 4) is 11.4 Å². The topological polar surface area (TPSA) is 99.0 Å². The Hall–Kier alpha value is -3.07. The molecule has 2 aromatic heterocycles. The lowest BCUT2D eigenvalue weighted by Gasteiger charge is -2.06. The van der Waals surface area contributed by atoms with Crippen molar-refractivity contribution in [2.75, 3.05) is 11.9 Å². The van der Waals surface area contributed by atoms with Crippen LogP contribution in [0, 0.1) is 13.8 Å².